The zero-order valence-electron chi connectivity index (χ0n) is 9.95. The topological polar surface area (TPSA) is 55.6 Å². The van der Waals surface area contributed by atoms with Gasteiger partial charge in [-0.25, -0.2) is 4.79 Å². The summed E-state index contributed by atoms with van der Waals surface area (Å²) in [5, 5.41) is 1.76. The molecule has 1 aliphatic heterocycles. The summed E-state index contributed by atoms with van der Waals surface area (Å²) in [5.74, 6) is -0.178. The van der Waals surface area contributed by atoms with Gasteiger partial charge in [-0.3, -0.25) is 0 Å². The van der Waals surface area contributed by atoms with Crippen LogP contribution in [-0.4, -0.2) is 30.2 Å². The van der Waals surface area contributed by atoms with Gasteiger partial charge in [0, 0.05) is 13.1 Å². The number of carbonyl (C=O) groups excluding carboxylic acids is 1. The summed E-state index contributed by atoms with van der Waals surface area (Å²) in [6.45, 7) is 6.94. The number of carbonyl (C=O) groups is 1. The second-order valence-corrected chi connectivity index (χ2v) is 5.15. The molecule has 1 saturated heterocycles. The molecule has 15 heavy (non-hydrogen) atoms. The lowest BCUT2D eigenvalue weighted by atomic mass is 9.97. The van der Waals surface area contributed by atoms with Crippen LogP contribution in [0.1, 0.15) is 40.0 Å². The maximum absolute atomic E-state index is 11.7. The van der Waals surface area contributed by atoms with Gasteiger partial charge in [0.25, 0.3) is 0 Å². The smallest absolute Gasteiger partial charge is 0.330 e. The summed E-state index contributed by atoms with van der Waals surface area (Å²) >= 11 is 0. The molecule has 1 fully saturated rings. The SMILES string of the molecule is CC(C)(C)C(=O)ON1CCCC[C@@H]1CN. The van der Waals surface area contributed by atoms with E-state index in [0.717, 1.165) is 19.4 Å². The van der Waals surface area contributed by atoms with E-state index < -0.39 is 5.41 Å². The van der Waals surface area contributed by atoms with Crippen molar-refractivity contribution in [3.05, 3.63) is 0 Å². The second kappa shape index (κ2) is 4.94. The molecule has 88 valence electrons. The van der Waals surface area contributed by atoms with Gasteiger partial charge >= 0.3 is 5.97 Å². The van der Waals surface area contributed by atoms with E-state index >= 15 is 0 Å². The minimum absolute atomic E-state index is 0.178. The second-order valence-electron chi connectivity index (χ2n) is 5.15. The lowest BCUT2D eigenvalue weighted by Gasteiger charge is -2.34. The molecule has 4 heteroatoms. The molecule has 1 aliphatic rings. The highest BCUT2D eigenvalue weighted by Gasteiger charge is 2.30. The predicted octanol–water partition coefficient (Wildman–Crippen LogP) is 1.30. The van der Waals surface area contributed by atoms with E-state index in [1.54, 1.807) is 5.06 Å². The van der Waals surface area contributed by atoms with Gasteiger partial charge in [0.05, 0.1) is 11.5 Å². The number of hydroxylamine groups is 2. The van der Waals surface area contributed by atoms with Gasteiger partial charge in [0.2, 0.25) is 0 Å². The Hall–Kier alpha value is -0.610. The zero-order valence-corrected chi connectivity index (χ0v) is 9.95. The standard InChI is InChI=1S/C11H22N2O2/c1-11(2,3)10(14)15-13-7-5-4-6-9(13)8-12/h9H,4-8,12H2,1-3H3/t9-/m1/s1. The number of hydrogen-bond donors (Lipinski definition) is 1. The third-order valence-corrected chi connectivity index (χ3v) is 2.66. The largest absolute Gasteiger partial charge is 0.367 e. The van der Waals surface area contributed by atoms with E-state index in [-0.39, 0.29) is 12.0 Å². The Labute approximate surface area is 91.7 Å². The van der Waals surface area contributed by atoms with Crippen molar-refractivity contribution in [1.82, 2.24) is 5.06 Å². The number of hydrogen-bond acceptors (Lipinski definition) is 4. The van der Waals surface area contributed by atoms with Gasteiger partial charge in [0.1, 0.15) is 0 Å². The number of rotatable bonds is 2. The molecule has 0 unspecified atom stereocenters. The highest BCUT2D eigenvalue weighted by atomic mass is 16.7. The number of piperidine rings is 1. The van der Waals surface area contributed by atoms with Crippen LogP contribution in [0.15, 0.2) is 0 Å². The van der Waals surface area contributed by atoms with E-state index in [0.29, 0.717) is 6.54 Å². The van der Waals surface area contributed by atoms with Crippen molar-refractivity contribution in [1.29, 1.82) is 0 Å². The van der Waals surface area contributed by atoms with Crippen LogP contribution in [0.4, 0.5) is 0 Å². The van der Waals surface area contributed by atoms with Crippen LogP contribution >= 0.6 is 0 Å². The molecule has 2 N–H and O–H groups in total. The molecular weight excluding hydrogens is 192 g/mol. The molecule has 4 nitrogen and oxygen atoms in total. The van der Waals surface area contributed by atoms with E-state index in [4.69, 9.17) is 10.6 Å². The molecule has 0 aromatic carbocycles. The predicted molar refractivity (Wildman–Crippen MR) is 58.9 cm³/mol. The molecule has 1 heterocycles. The van der Waals surface area contributed by atoms with Crippen molar-refractivity contribution in [2.24, 2.45) is 11.1 Å². The summed E-state index contributed by atoms with van der Waals surface area (Å²) in [5.41, 5.74) is 5.20. The van der Waals surface area contributed by atoms with Crippen LogP contribution in [-0.2, 0) is 9.63 Å². The minimum Gasteiger partial charge on any atom is -0.367 e. The van der Waals surface area contributed by atoms with Gasteiger partial charge < -0.3 is 10.6 Å². The maximum Gasteiger partial charge on any atom is 0.330 e. The van der Waals surface area contributed by atoms with Crippen LogP contribution < -0.4 is 5.73 Å². The number of nitrogens with two attached hydrogens (primary N) is 1. The third kappa shape index (κ3) is 3.47. The molecule has 0 aromatic rings. The first-order chi connectivity index (χ1) is 6.95. The quantitative estimate of drug-likeness (QED) is 0.753. The van der Waals surface area contributed by atoms with Crippen molar-refractivity contribution in [3.8, 4) is 0 Å². The molecule has 0 spiro atoms. The molecule has 0 radical (unpaired) electrons. The first kappa shape index (κ1) is 12.5. The lowest BCUT2D eigenvalue weighted by Crippen LogP contribution is -2.46. The zero-order chi connectivity index (χ0) is 11.5. The molecule has 0 amide bonds. The van der Waals surface area contributed by atoms with Crippen LogP contribution in [0.25, 0.3) is 0 Å². The van der Waals surface area contributed by atoms with Crippen LogP contribution in [0.2, 0.25) is 0 Å². The average Bonchev–Trinajstić information content (AvgIpc) is 2.17. The first-order valence-electron chi connectivity index (χ1n) is 5.64. The van der Waals surface area contributed by atoms with Crippen molar-refractivity contribution >= 4 is 5.97 Å². The highest BCUT2D eigenvalue weighted by molar-refractivity contribution is 5.75. The Morgan fingerprint density at radius 1 is 1.47 bits per heavy atom. The molecule has 1 atom stereocenters. The van der Waals surface area contributed by atoms with Crippen LogP contribution in [0, 0.1) is 5.41 Å². The van der Waals surface area contributed by atoms with Crippen LogP contribution in [0.5, 0.6) is 0 Å². The van der Waals surface area contributed by atoms with Crippen LogP contribution in [0.3, 0.4) is 0 Å². The molecule has 0 saturated carbocycles. The molecule has 0 aromatic heterocycles. The molecule has 1 rings (SSSR count). The van der Waals surface area contributed by atoms with E-state index in [1.165, 1.54) is 6.42 Å². The maximum atomic E-state index is 11.7. The van der Waals surface area contributed by atoms with Crippen molar-refractivity contribution in [3.63, 3.8) is 0 Å². The van der Waals surface area contributed by atoms with Crippen molar-refractivity contribution in [2.75, 3.05) is 13.1 Å². The Morgan fingerprint density at radius 2 is 2.13 bits per heavy atom. The monoisotopic (exact) mass is 214 g/mol. The minimum atomic E-state index is -0.448. The van der Waals surface area contributed by atoms with Crippen molar-refractivity contribution < 1.29 is 9.63 Å². The van der Waals surface area contributed by atoms with Gasteiger partial charge in [-0.15, -0.1) is 5.06 Å². The van der Waals surface area contributed by atoms with E-state index in [1.807, 2.05) is 20.8 Å². The fourth-order valence-electron chi connectivity index (χ4n) is 1.57. The lowest BCUT2D eigenvalue weighted by molar-refractivity contribution is -0.215. The number of nitrogens with zero attached hydrogens (tertiary/aromatic N) is 1. The Kier molecular flexibility index (Phi) is 4.11. The fourth-order valence-corrected chi connectivity index (χ4v) is 1.57. The Morgan fingerprint density at radius 3 is 2.67 bits per heavy atom. The first-order valence-corrected chi connectivity index (χ1v) is 5.64. The molecule has 0 aliphatic carbocycles. The molecular formula is C11H22N2O2. The third-order valence-electron chi connectivity index (χ3n) is 2.66. The summed E-state index contributed by atoms with van der Waals surface area (Å²) in [6, 6.07) is 0.199. The molecule has 0 bridgehead atoms. The van der Waals surface area contributed by atoms with Gasteiger partial charge in [0.15, 0.2) is 0 Å². The normalized spacial score (nSPS) is 23.9. The summed E-state index contributed by atoms with van der Waals surface area (Å²) in [7, 11) is 0. The summed E-state index contributed by atoms with van der Waals surface area (Å²) in [4.78, 5) is 17.1. The average molecular weight is 214 g/mol. The summed E-state index contributed by atoms with van der Waals surface area (Å²) < 4.78 is 0. The van der Waals surface area contributed by atoms with E-state index in [2.05, 4.69) is 0 Å². The van der Waals surface area contributed by atoms with Crippen molar-refractivity contribution in [2.45, 2.75) is 46.1 Å². The Balaban J connectivity index is 2.52. The Bertz CT molecular complexity index is 223. The highest BCUT2D eigenvalue weighted by Crippen LogP contribution is 2.21. The summed E-state index contributed by atoms with van der Waals surface area (Å²) in [6.07, 6.45) is 3.27. The van der Waals surface area contributed by atoms with Gasteiger partial charge in [-0.05, 0) is 33.6 Å². The van der Waals surface area contributed by atoms with Gasteiger partial charge in [-0.1, -0.05) is 6.42 Å². The van der Waals surface area contributed by atoms with E-state index in [9.17, 15) is 4.79 Å². The van der Waals surface area contributed by atoms with Gasteiger partial charge in [-0.2, -0.15) is 0 Å². The fraction of sp³-hybridized carbons (Fsp3) is 0.909.